The number of hydrogen-bond donors (Lipinski definition) is 1. The van der Waals surface area contributed by atoms with E-state index in [1.54, 1.807) is 43.5 Å². The van der Waals surface area contributed by atoms with Crippen molar-refractivity contribution < 1.29 is 19.0 Å². The summed E-state index contributed by atoms with van der Waals surface area (Å²) in [6, 6.07) is 12.2. The fraction of sp³-hybridized carbons (Fsp3) is 0.263. The third-order valence-corrected chi connectivity index (χ3v) is 3.49. The lowest BCUT2D eigenvalue weighted by atomic mass is 10.2. The Kier molecular flexibility index (Phi) is 7.76. The molecule has 0 atom stereocenters. The molecule has 0 saturated carbocycles. The predicted octanol–water partition coefficient (Wildman–Crippen LogP) is 3.67. The average molecular weight is 377 g/mol. The number of carbonyl (C=O) groups is 1. The van der Waals surface area contributed by atoms with Gasteiger partial charge in [-0.2, -0.15) is 5.10 Å². The molecule has 0 radical (unpaired) electrons. The van der Waals surface area contributed by atoms with Crippen LogP contribution in [0.3, 0.4) is 0 Å². The molecule has 138 valence electrons. The summed E-state index contributed by atoms with van der Waals surface area (Å²) in [5.74, 6) is 1.47. The Balaban J connectivity index is 1.86. The van der Waals surface area contributed by atoms with Gasteiger partial charge in [0.25, 0.3) is 5.91 Å². The van der Waals surface area contributed by atoms with Crippen LogP contribution in [-0.2, 0) is 4.79 Å². The molecule has 0 aliphatic heterocycles. The smallest absolute Gasteiger partial charge is 0.277 e. The summed E-state index contributed by atoms with van der Waals surface area (Å²) in [5, 5.41) is 4.53. The van der Waals surface area contributed by atoms with E-state index in [1.807, 2.05) is 13.0 Å². The van der Waals surface area contributed by atoms with Crippen molar-refractivity contribution in [2.75, 3.05) is 20.3 Å². The molecule has 0 saturated heterocycles. The second-order valence-corrected chi connectivity index (χ2v) is 5.73. The SMILES string of the molecule is CCCOc1cc(/C=N\NC(=O)COc2ccc(Cl)cc2)ccc1OC. The van der Waals surface area contributed by atoms with Crippen molar-refractivity contribution >= 4 is 23.7 Å². The summed E-state index contributed by atoms with van der Waals surface area (Å²) >= 11 is 5.79. The van der Waals surface area contributed by atoms with Crippen LogP contribution in [-0.4, -0.2) is 32.4 Å². The van der Waals surface area contributed by atoms with E-state index in [2.05, 4.69) is 10.5 Å². The fourth-order valence-corrected chi connectivity index (χ4v) is 2.12. The van der Waals surface area contributed by atoms with Gasteiger partial charge < -0.3 is 14.2 Å². The lowest BCUT2D eigenvalue weighted by Gasteiger charge is -2.10. The van der Waals surface area contributed by atoms with Gasteiger partial charge in [0.1, 0.15) is 5.75 Å². The third kappa shape index (κ3) is 6.29. The van der Waals surface area contributed by atoms with E-state index in [1.165, 1.54) is 6.21 Å². The van der Waals surface area contributed by atoms with E-state index in [0.29, 0.717) is 28.9 Å². The lowest BCUT2D eigenvalue weighted by molar-refractivity contribution is -0.123. The molecular formula is C19H21ClN2O4. The number of nitrogens with one attached hydrogen (secondary N) is 1. The largest absolute Gasteiger partial charge is 0.493 e. The Hall–Kier alpha value is -2.73. The van der Waals surface area contributed by atoms with Gasteiger partial charge >= 0.3 is 0 Å². The molecule has 0 aliphatic rings. The van der Waals surface area contributed by atoms with Gasteiger partial charge in [0.15, 0.2) is 18.1 Å². The summed E-state index contributed by atoms with van der Waals surface area (Å²) in [5.41, 5.74) is 3.19. The van der Waals surface area contributed by atoms with Crippen LogP contribution in [0.1, 0.15) is 18.9 Å². The van der Waals surface area contributed by atoms with Crippen molar-refractivity contribution in [3.05, 3.63) is 53.1 Å². The number of nitrogens with zero attached hydrogens (tertiary/aromatic N) is 1. The summed E-state index contributed by atoms with van der Waals surface area (Å²) < 4.78 is 16.2. The number of carbonyl (C=O) groups excluding carboxylic acids is 1. The number of methoxy groups -OCH3 is 1. The van der Waals surface area contributed by atoms with Crippen LogP contribution in [0.2, 0.25) is 5.02 Å². The average Bonchev–Trinajstić information content (AvgIpc) is 2.66. The second kappa shape index (κ2) is 10.3. The molecule has 0 unspecified atom stereocenters. The van der Waals surface area contributed by atoms with Crippen molar-refractivity contribution in [1.82, 2.24) is 5.43 Å². The molecule has 0 aromatic heterocycles. The van der Waals surface area contributed by atoms with Crippen LogP contribution in [0.15, 0.2) is 47.6 Å². The highest BCUT2D eigenvalue weighted by Gasteiger charge is 2.05. The van der Waals surface area contributed by atoms with Gasteiger partial charge in [0.05, 0.1) is 19.9 Å². The van der Waals surface area contributed by atoms with Gasteiger partial charge in [-0.05, 0) is 54.4 Å². The molecule has 26 heavy (non-hydrogen) atoms. The third-order valence-electron chi connectivity index (χ3n) is 3.24. The van der Waals surface area contributed by atoms with Crippen LogP contribution in [0.5, 0.6) is 17.2 Å². The maximum Gasteiger partial charge on any atom is 0.277 e. The highest BCUT2D eigenvalue weighted by atomic mass is 35.5. The maximum absolute atomic E-state index is 11.8. The minimum atomic E-state index is -0.368. The van der Waals surface area contributed by atoms with Crippen molar-refractivity contribution in [3.8, 4) is 17.2 Å². The number of hydrazone groups is 1. The standard InChI is InChI=1S/C19H21ClN2O4/c1-3-10-25-18-11-14(4-9-17(18)24-2)12-21-22-19(23)13-26-16-7-5-15(20)6-8-16/h4-9,11-12H,3,10,13H2,1-2H3,(H,22,23)/b21-12-. The zero-order valence-electron chi connectivity index (χ0n) is 14.7. The van der Waals surface area contributed by atoms with Crippen molar-refractivity contribution in [1.29, 1.82) is 0 Å². The quantitative estimate of drug-likeness (QED) is 0.535. The maximum atomic E-state index is 11.8. The Morgan fingerprint density at radius 3 is 2.62 bits per heavy atom. The number of benzene rings is 2. The predicted molar refractivity (Wildman–Crippen MR) is 101 cm³/mol. The fourth-order valence-electron chi connectivity index (χ4n) is 1.99. The van der Waals surface area contributed by atoms with Crippen LogP contribution in [0.25, 0.3) is 0 Å². The molecule has 0 bridgehead atoms. The summed E-state index contributed by atoms with van der Waals surface area (Å²) in [4.78, 5) is 11.8. The molecule has 0 aliphatic carbocycles. The first kappa shape index (κ1) is 19.6. The number of ether oxygens (including phenoxy) is 3. The second-order valence-electron chi connectivity index (χ2n) is 5.29. The Morgan fingerprint density at radius 2 is 1.92 bits per heavy atom. The zero-order chi connectivity index (χ0) is 18.8. The molecular weight excluding hydrogens is 356 g/mol. The number of amides is 1. The molecule has 7 heteroatoms. The van der Waals surface area contributed by atoms with E-state index in [9.17, 15) is 4.79 Å². The van der Waals surface area contributed by atoms with Gasteiger partial charge in [-0.15, -0.1) is 0 Å². The number of rotatable bonds is 9. The van der Waals surface area contributed by atoms with Crippen molar-refractivity contribution in [2.24, 2.45) is 5.10 Å². The normalized spacial score (nSPS) is 10.6. The monoisotopic (exact) mass is 376 g/mol. The highest BCUT2D eigenvalue weighted by Crippen LogP contribution is 2.27. The van der Waals surface area contributed by atoms with E-state index in [0.717, 1.165) is 12.0 Å². The molecule has 6 nitrogen and oxygen atoms in total. The van der Waals surface area contributed by atoms with E-state index in [4.69, 9.17) is 25.8 Å². The summed E-state index contributed by atoms with van der Waals surface area (Å²) in [6.07, 6.45) is 2.42. The molecule has 1 amide bonds. The van der Waals surface area contributed by atoms with E-state index in [-0.39, 0.29) is 12.5 Å². The summed E-state index contributed by atoms with van der Waals surface area (Å²) in [7, 11) is 1.59. The van der Waals surface area contributed by atoms with E-state index < -0.39 is 0 Å². The number of halogens is 1. The van der Waals surface area contributed by atoms with Gasteiger partial charge in [-0.3, -0.25) is 4.79 Å². The molecule has 1 N–H and O–H groups in total. The minimum absolute atomic E-state index is 0.146. The van der Waals surface area contributed by atoms with Gasteiger partial charge in [0, 0.05) is 5.02 Å². The lowest BCUT2D eigenvalue weighted by Crippen LogP contribution is -2.24. The highest BCUT2D eigenvalue weighted by molar-refractivity contribution is 6.30. The van der Waals surface area contributed by atoms with Crippen LogP contribution < -0.4 is 19.6 Å². The Labute approximate surface area is 157 Å². The minimum Gasteiger partial charge on any atom is -0.493 e. The first-order valence-electron chi connectivity index (χ1n) is 8.13. The molecule has 0 fully saturated rings. The van der Waals surface area contributed by atoms with Crippen LogP contribution >= 0.6 is 11.6 Å². The summed E-state index contributed by atoms with van der Waals surface area (Å²) in [6.45, 7) is 2.47. The number of hydrogen-bond acceptors (Lipinski definition) is 5. The van der Waals surface area contributed by atoms with Gasteiger partial charge in [-0.1, -0.05) is 18.5 Å². The van der Waals surface area contributed by atoms with Gasteiger partial charge in [-0.25, -0.2) is 5.43 Å². The van der Waals surface area contributed by atoms with Crippen molar-refractivity contribution in [3.63, 3.8) is 0 Å². The van der Waals surface area contributed by atoms with E-state index >= 15 is 0 Å². The molecule has 2 rings (SSSR count). The molecule has 0 heterocycles. The molecule has 2 aromatic rings. The van der Waals surface area contributed by atoms with Gasteiger partial charge in [0.2, 0.25) is 0 Å². The van der Waals surface area contributed by atoms with Crippen LogP contribution in [0.4, 0.5) is 0 Å². The zero-order valence-corrected chi connectivity index (χ0v) is 15.5. The molecule has 2 aromatic carbocycles. The topological polar surface area (TPSA) is 69.2 Å². The Morgan fingerprint density at radius 1 is 1.15 bits per heavy atom. The van der Waals surface area contributed by atoms with Crippen molar-refractivity contribution in [2.45, 2.75) is 13.3 Å². The van der Waals surface area contributed by atoms with Crippen LogP contribution in [0, 0.1) is 0 Å². The first-order chi connectivity index (χ1) is 12.6. The Bertz CT molecular complexity index is 748. The molecule has 0 spiro atoms. The first-order valence-corrected chi connectivity index (χ1v) is 8.51.